The number of aromatic nitrogens is 2. The molecule has 7 nitrogen and oxygen atoms in total. The summed E-state index contributed by atoms with van der Waals surface area (Å²) in [5.74, 6) is 0.617. The molecule has 1 aromatic heterocycles. The molecule has 1 aromatic carbocycles. The fraction of sp³-hybridized carbons (Fsp3) is 0.467. The zero-order valence-corrected chi connectivity index (χ0v) is 23.2. The number of imidazole rings is 1. The van der Waals surface area contributed by atoms with Crippen molar-refractivity contribution in [3.05, 3.63) is 77.0 Å². The van der Waals surface area contributed by atoms with Gasteiger partial charge in [0.2, 0.25) is 0 Å². The van der Waals surface area contributed by atoms with Crippen LogP contribution in [-0.4, -0.2) is 55.6 Å². The summed E-state index contributed by atoms with van der Waals surface area (Å²) < 4.78 is 7.69. The van der Waals surface area contributed by atoms with Gasteiger partial charge in [-0.05, 0) is 74.4 Å². The van der Waals surface area contributed by atoms with E-state index in [2.05, 4.69) is 11.9 Å². The first-order chi connectivity index (χ1) is 18.4. The number of rotatable bonds is 16. The highest BCUT2D eigenvalue weighted by Gasteiger charge is 2.48. The smallest absolute Gasteiger partial charge is 0.199 e. The van der Waals surface area contributed by atoms with Crippen LogP contribution in [0.3, 0.4) is 0 Å². The molecule has 0 spiro atoms. The van der Waals surface area contributed by atoms with Crippen molar-refractivity contribution in [2.75, 3.05) is 13.2 Å². The van der Waals surface area contributed by atoms with Crippen LogP contribution in [0.25, 0.3) is 0 Å². The van der Waals surface area contributed by atoms with Crippen molar-refractivity contribution in [3.8, 4) is 5.75 Å². The van der Waals surface area contributed by atoms with Crippen molar-refractivity contribution in [2.45, 2.75) is 75.2 Å². The van der Waals surface area contributed by atoms with E-state index in [9.17, 15) is 15.0 Å². The SMILES string of the molecule is CCCCC1=C(Sc2nccn2C)C(=O)/C(=C\C=C/C(O)CCCO)C1(O)CCCCOc1ccccc1. The largest absolute Gasteiger partial charge is 0.494 e. The number of aliphatic hydroxyl groups excluding tert-OH is 2. The fourth-order valence-corrected chi connectivity index (χ4v) is 5.58. The van der Waals surface area contributed by atoms with Crippen molar-refractivity contribution >= 4 is 17.5 Å². The molecule has 0 bridgehead atoms. The van der Waals surface area contributed by atoms with E-state index in [0.29, 0.717) is 54.3 Å². The zero-order valence-electron chi connectivity index (χ0n) is 22.4. The highest BCUT2D eigenvalue weighted by molar-refractivity contribution is 8.04. The number of thioether (sulfide) groups is 1. The molecule has 1 heterocycles. The molecule has 3 N–H and O–H groups in total. The summed E-state index contributed by atoms with van der Waals surface area (Å²) in [6.07, 6.45) is 12.8. The van der Waals surface area contributed by atoms with Gasteiger partial charge >= 0.3 is 0 Å². The third kappa shape index (κ3) is 7.93. The van der Waals surface area contributed by atoms with Gasteiger partial charge < -0.3 is 24.6 Å². The maximum Gasteiger partial charge on any atom is 0.199 e. The van der Waals surface area contributed by atoms with E-state index in [0.717, 1.165) is 30.6 Å². The van der Waals surface area contributed by atoms with Crippen LogP contribution < -0.4 is 4.74 Å². The summed E-state index contributed by atoms with van der Waals surface area (Å²) in [6.45, 7) is 2.62. The molecule has 0 amide bonds. The van der Waals surface area contributed by atoms with Gasteiger partial charge in [-0.15, -0.1) is 0 Å². The Morgan fingerprint density at radius 3 is 2.66 bits per heavy atom. The second-order valence-corrected chi connectivity index (χ2v) is 10.5. The Labute approximate surface area is 229 Å². The number of ether oxygens (including phenoxy) is 1. The Morgan fingerprint density at radius 1 is 1.18 bits per heavy atom. The molecule has 2 aromatic rings. The third-order valence-corrected chi connectivity index (χ3v) is 7.83. The number of hydrogen-bond donors (Lipinski definition) is 3. The molecule has 3 rings (SSSR count). The van der Waals surface area contributed by atoms with Gasteiger partial charge in [0.1, 0.15) is 11.4 Å². The molecule has 2 unspecified atom stereocenters. The van der Waals surface area contributed by atoms with E-state index in [1.807, 2.05) is 48.1 Å². The Morgan fingerprint density at radius 2 is 1.97 bits per heavy atom. The monoisotopic (exact) mass is 540 g/mol. The minimum Gasteiger partial charge on any atom is -0.494 e. The van der Waals surface area contributed by atoms with Crippen molar-refractivity contribution < 1.29 is 24.9 Å². The van der Waals surface area contributed by atoms with Crippen LogP contribution in [0.1, 0.15) is 58.3 Å². The van der Waals surface area contributed by atoms with Gasteiger partial charge in [0.15, 0.2) is 10.9 Å². The second-order valence-electron chi connectivity index (χ2n) is 9.54. The first-order valence-electron chi connectivity index (χ1n) is 13.4. The second kappa shape index (κ2) is 15.1. The normalized spacial score (nSPS) is 19.7. The van der Waals surface area contributed by atoms with E-state index < -0.39 is 11.7 Å². The lowest BCUT2D eigenvalue weighted by molar-refractivity contribution is -0.112. The summed E-state index contributed by atoms with van der Waals surface area (Å²) in [5, 5.41) is 32.0. The molecule has 0 fully saturated rings. The van der Waals surface area contributed by atoms with Crippen molar-refractivity contribution in [1.82, 2.24) is 9.55 Å². The number of nitrogens with zero attached hydrogens (tertiary/aromatic N) is 2. The predicted molar refractivity (Wildman–Crippen MR) is 151 cm³/mol. The molecule has 206 valence electrons. The van der Waals surface area contributed by atoms with Gasteiger partial charge in [0.25, 0.3) is 0 Å². The zero-order chi connectivity index (χ0) is 27.4. The van der Waals surface area contributed by atoms with E-state index >= 15 is 0 Å². The molecule has 1 aliphatic carbocycles. The Kier molecular flexibility index (Phi) is 11.9. The van der Waals surface area contributed by atoms with Crippen LogP contribution in [-0.2, 0) is 11.8 Å². The standard InChI is InChI=1S/C30H40N2O5S/c1-3-4-16-26-28(38-29-31-19-20-32(29)2)27(35)25(17-10-12-23(34)13-11-21-33)30(26,36)18-8-9-22-37-24-14-6-5-7-15-24/h5-7,10,12,14-15,17,19-20,23,33-34,36H,3-4,8-9,11,13,16,18,21-22H2,1-2H3/b12-10-,25-17+. The van der Waals surface area contributed by atoms with E-state index in [1.54, 1.807) is 24.4 Å². The summed E-state index contributed by atoms with van der Waals surface area (Å²) in [5.41, 5.74) is -0.316. The average molecular weight is 541 g/mol. The Balaban J connectivity index is 1.85. The van der Waals surface area contributed by atoms with Gasteiger partial charge in [-0.25, -0.2) is 4.98 Å². The van der Waals surface area contributed by atoms with Crippen LogP contribution in [0.2, 0.25) is 0 Å². The number of unbranched alkanes of at least 4 members (excludes halogenated alkanes) is 2. The Bertz CT molecular complexity index is 1120. The molecule has 0 saturated carbocycles. The van der Waals surface area contributed by atoms with Crippen LogP contribution in [0.4, 0.5) is 0 Å². The van der Waals surface area contributed by atoms with Crippen LogP contribution in [0, 0.1) is 0 Å². The number of carbonyl (C=O) groups excluding carboxylic acids is 1. The van der Waals surface area contributed by atoms with Crippen LogP contribution in [0.5, 0.6) is 5.75 Å². The summed E-state index contributed by atoms with van der Waals surface area (Å²) >= 11 is 1.30. The third-order valence-electron chi connectivity index (χ3n) is 6.62. The fourth-order valence-electron chi connectivity index (χ4n) is 4.49. The predicted octanol–water partition coefficient (Wildman–Crippen LogP) is 5.14. The molecule has 1 aliphatic rings. The van der Waals surface area contributed by atoms with E-state index in [1.165, 1.54) is 11.8 Å². The quantitative estimate of drug-likeness (QED) is 0.200. The van der Waals surface area contributed by atoms with Crippen LogP contribution in [0.15, 0.2) is 82.2 Å². The highest BCUT2D eigenvalue weighted by Crippen LogP contribution is 2.48. The molecular formula is C30H40N2O5S. The van der Waals surface area contributed by atoms with Gasteiger partial charge in [-0.3, -0.25) is 4.79 Å². The minimum atomic E-state index is -1.40. The lowest BCUT2D eigenvalue weighted by Crippen LogP contribution is -2.32. The lowest BCUT2D eigenvalue weighted by Gasteiger charge is -2.28. The van der Waals surface area contributed by atoms with Gasteiger partial charge in [-0.2, -0.15) is 0 Å². The molecule has 38 heavy (non-hydrogen) atoms. The lowest BCUT2D eigenvalue weighted by atomic mass is 9.83. The van der Waals surface area contributed by atoms with Gasteiger partial charge in [0.05, 0.1) is 17.6 Å². The number of ketones is 1. The number of hydrogen-bond acceptors (Lipinski definition) is 7. The first-order valence-corrected chi connectivity index (χ1v) is 14.2. The van der Waals surface area contributed by atoms with Crippen LogP contribution >= 0.6 is 11.8 Å². The van der Waals surface area contributed by atoms with Gasteiger partial charge in [0, 0.05) is 31.6 Å². The number of aliphatic hydroxyl groups is 3. The van der Waals surface area contributed by atoms with Gasteiger partial charge in [-0.1, -0.05) is 49.8 Å². The summed E-state index contributed by atoms with van der Waals surface area (Å²) in [6, 6.07) is 9.63. The summed E-state index contributed by atoms with van der Waals surface area (Å²) in [7, 11) is 1.88. The maximum atomic E-state index is 13.8. The van der Waals surface area contributed by atoms with E-state index in [4.69, 9.17) is 9.84 Å². The van der Waals surface area contributed by atoms with Crippen molar-refractivity contribution in [3.63, 3.8) is 0 Å². The topological polar surface area (TPSA) is 105 Å². The number of para-hydroxylation sites is 1. The average Bonchev–Trinajstić information content (AvgIpc) is 3.40. The molecule has 8 heteroatoms. The molecule has 2 atom stereocenters. The number of aryl methyl sites for hydroxylation is 1. The Hall–Kier alpha value is -2.65. The molecule has 0 saturated heterocycles. The first kappa shape index (κ1) is 29.9. The number of Topliss-reactive ketones (excluding diaryl/α,β-unsaturated/α-hetero) is 1. The van der Waals surface area contributed by atoms with E-state index in [-0.39, 0.29) is 12.4 Å². The number of carbonyl (C=O) groups is 1. The highest BCUT2D eigenvalue weighted by atomic mass is 32.2. The maximum absolute atomic E-state index is 13.8. The number of benzene rings is 1. The number of allylic oxidation sites excluding steroid dienone is 3. The van der Waals surface area contributed by atoms with Crippen molar-refractivity contribution in [2.24, 2.45) is 7.05 Å². The molecular weight excluding hydrogens is 500 g/mol. The van der Waals surface area contributed by atoms with Crippen molar-refractivity contribution in [1.29, 1.82) is 0 Å². The molecule has 0 aliphatic heterocycles. The molecule has 0 radical (unpaired) electrons. The minimum absolute atomic E-state index is 0.0106. The summed E-state index contributed by atoms with van der Waals surface area (Å²) in [4.78, 5) is 18.7.